The van der Waals surface area contributed by atoms with Gasteiger partial charge < -0.3 is 5.11 Å². The van der Waals surface area contributed by atoms with Crippen LogP contribution in [0.2, 0.25) is 0 Å². The molecule has 0 saturated carbocycles. The predicted molar refractivity (Wildman–Crippen MR) is 76.2 cm³/mol. The fourth-order valence-electron chi connectivity index (χ4n) is 2.10. The lowest BCUT2D eigenvalue weighted by molar-refractivity contribution is 0.0166. The molecule has 120 valence electrons. The van der Waals surface area contributed by atoms with E-state index in [1.807, 2.05) is 0 Å². The fraction of sp³-hybridized carbons (Fsp3) is 0.571. The maximum Gasteiger partial charge on any atom is 0.246 e. The van der Waals surface area contributed by atoms with E-state index in [2.05, 4.69) is 4.72 Å². The van der Waals surface area contributed by atoms with E-state index in [0.29, 0.717) is 0 Å². The van der Waals surface area contributed by atoms with E-state index in [4.69, 9.17) is 0 Å². The standard InChI is InChI=1S/C14H21F2NO3S/c1-9(2)13(18)14(3,4)8-17-21(19,20)12-10(15)6-5-7-11(12)16/h5-7,9,13,17-18H,8H2,1-4H3. The normalized spacial score (nSPS) is 14.5. The van der Waals surface area contributed by atoms with Crippen LogP contribution in [0.5, 0.6) is 0 Å². The molecule has 0 aromatic heterocycles. The number of hydrogen-bond donors (Lipinski definition) is 2. The van der Waals surface area contributed by atoms with Gasteiger partial charge in [0.15, 0.2) is 4.90 Å². The first-order valence-corrected chi connectivity index (χ1v) is 8.09. The number of nitrogens with one attached hydrogen (secondary N) is 1. The summed E-state index contributed by atoms with van der Waals surface area (Å²) in [5, 5.41) is 10.0. The summed E-state index contributed by atoms with van der Waals surface area (Å²) in [6.07, 6.45) is -0.759. The van der Waals surface area contributed by atoms with E-state index in [1.54, 1.807) is 27.7 Å². The Kier molecular flexibility index (Phi) is 5.46. The second-order valence-electron chi connectivity index (χ2n) is 6.05. The summed E-state index contributed by atoms with van der Waals surface area (Å²) >= 11 is 0. The molecule has 0 saturated heterocycles. The zero-order valence-electron chi connectivity index (χ0n) is 12.5. The van der Waals surface area contributed by atoms with E-state index < -0.39 is 38.1 Å². The molecule has 2 N–H and O–H groups in total. The molecule has 1 aromatic carbocycles. The number of sulfonamides is 1. The molecule has 0 spiro atoms. The SMILES string of the molecule is CC(C)C(O)C(C)(C)CNS(=O)(=O)c1c(F)cccc1F. The summed E-state index contributed by atoms with van der Waals surface area (Å²) in [6, 6.07) is 2.85. The van der Waals surface area contributed by atoms with Crippen molar-refractivity contribution in [2.75, 3.05) is 6.54 Å². The molecular formula is C14H21F2NO3S. The van der Waals surface area contributed by atoms with Crippen LogP contribution in [0.25, 0.3) is 0 Å². The Balaban J connectivity index is 2.98. The third-order valence-electron chi connectivity index (χ3n) is 3.34. The van der Waals surface area contributed by atoms with Gasteiger partial charge >= 0.3 is 0 Å². The van der Waals surface area contributed by atoms with Crippen molar-refractivity contribution in [2.24, 2.45) is 11.3 Å². The quantitative estimate of drug-likeness (QED) is 0.845. The molecule has 1 unspecified atom stereocenters. The number of benzene rings is 1. The summed E-state index contributed by atoms with van der Waals surface area (Å²) in [6.45, 7) is 6.83. The highest BCUT2D eigenvalue weighted by atomic mass is 32.2. The zero-order valence-corrected chi connectivity index (χ0v) is 13.3. The zero-order chi connectivity index (χ0) is 16.4. The van der Waals surface area contributed by atoms with Gasteiger partial charge in [-0.25, -0.2) is 21.9 Å². The summed E-state index contributed by atoms with van der Waals surface area (Å²) < 4.78 is 53.3. The highest BCUT2D eigenvalue weighted by Crippen LogP contribution is 2.26. The lowest BCUT2D eigenvalue weighted by Crippen LogP contribution is -2.43. The van der Waals surface area contributed by atoms with Crippen LogP contribution in [0.4, 0.5) is 8.78 Å². The van der Waals surface area contributed by atoms with Crippen LogP contribution in [0.1, 0.15) is 27.7 Å². The largest absolute Gasteiger partial charge is 0.392 e. The summed E-state index contributed by atoms with van der Waals surface area (Å²) in [5.41, 5.74) is -0.775. The minimum atomic E-state index is -4.33. The second kappa shape index (κ2) is 6.37. The van der Waals surface area contributed by atoms with E-state index in [9.17, 15) is 22.3 Å². The van der Waals surface area contributed by atoms with Crippen LogP contribution in [-0.2, 0) is 10.0 Å². The Labute approximate surface area is 124 Å². The lowest BCUT2D eigenvalue weighted by Gasteiger charge is -2.33. The average molecular weight is 321 g/mol. The second-order valence-corrected chi connectivity index (χ2v) is 7.76. The fourth-order valence-corrected chi connectivity index (χ4v) is 3.46. The van der Waals surface area contributed by atoms with E-state index in [0.717, 1.165) is 18.2 Å². The molecule has 1 rings (SSSR count). The average Bonchev–Trinajstić information content (AvgIpc) is 2.35. The van der Waals surface area contributed by atoms with Gasteiger partial charge in [-0.1, -0.05) is 33.8 Å². The van der Waals surface area contributed by atoms with Crippen LogP contribution in [0.15, 0.2) is 23.1 Å². The first kappa shape index (κ1) is 18.0. The molecule has 0 aliphatic carbocycles. The van der Waals surface area contributed by atoms with Gasteiger partial charge in [0.25, 0.3) is 0 Å². The van der Waals surface area contributed by atoms with E-state index in [1.165, 1.54) is 0 Å². The van der Waals surface area contributed by atoms with Crippen LogP contribution in [-0.4, -0.2) is 26.2 Å². The van der Waals surface area contributed by atoms with Crippen LogP contribution >= 0.6 is 0 Å². The van der Waals surface area contributed by atoms with Crippen molar-refractivity contribution in [3.05, 3.63) is 29.8 Å². The Morgan fingerprint density at radius 1 is 1.24 bits per heavy atom. The molecule has 0 aliphatic rings. The monoisotopic (exact) mass is 321 g/mol. The smallest absolute Gasteiger partial charge is 0.246 e. The third-order valence-corrected chi connectivity index (χ3v) is 4.79. The molecule has 0 aliphatic heterocycles. The molecule has 0 fully saturated rings. The van der Waals surface area contributed by atoms with Crippen molar-refractivity contribution in [3.8, 4) is 0 Å². The van der Waals surface area contributed by atoms with Crippen molar-refractivity contribution >= 4 is 10.0 Å². The molecule has 1 aromatic rings. The molecule has 7 heteroatoms. The Bertz CT molecular complexity index is 580. The predicted octanol–water partition coefficient (Wildman–Crippen LogP) is 2.29. The van der Waals surface area contributed by atoms with Crippen molar-refractivity contribution in [1.29, 1.82) is 0 Å². The minimum Gasteiger partial charge on any atom is -0.392 e. The number of halogens is 2. The van der Waals surface area contributed by atoms with E-state index >= 15 is 0 Å². The Morgan fingerprint density at radius 2 is 1.71 bits per heavy atom. The minimum absolute atomic E-state index is 0.0744. The molecule has 0 radical (unpaired) electrons. The van der Waals surface area contributed by atoms with Gasteiger partial charge in [0.05, 0.1) is 6.10 Å². The van der Waals surface area contributed by atoms with Gasteiger partial charge in [0.2, 0.25) is 10.0 Å². The molecule has 21 heavy (non-hydrogen) atoms. The number of aliphatic hydroxyl groups excluding tert-OH is 1. The van der Waals surface area contributed by atoms with Crippen LogP contribution in [0, 0.1) is 23.0 Å². The summed E-state index contributed by atoms with van der Waals surface area (Å²) in [7, 11) is -4.33. The molecule has 0 heterocycles. The molecular weight excluding hydrogens is 300 g/mol. The van der Waals surface area contributed by atoms with Crippen molar-refractivity contribution in [2.45, 2.75) is 38.7 Å². The van der Waals surface area contributed by atoms with Crippen molar-refractivity contribution < 1.29 is 22.3 Å². The van der Waals surface area contributed by atoms with Gasteiger partial charge in [0.1, 0.15) is 11.6 Å². The maximum atomic E-state index is 13.5. The third kappa shape index (κ3) is 4.21. The Hall–Kier alpha value is -1.05. The van der Waals surface area contributed by atoms with Gasteiger partial charge in [-0.05, 0) is 18.1 Å². The van der Waals surface area contributed by atoms with Crippen molar-refractivity contribution in [3.63, 3.8) is 0 Å². The highest BCUT2D eigenvalue weighted by Gasteiger charge is 2.33. The number of hydrogen-bond acceptors (Lipinski definition) is 3. The Morgan fingerprint density at radius 3 is 2.14 bits per heavy atom. The van der Waals surface area contributed by atoms with Gasteiger partial charge in [-0.15, -0.1) is 0 Å². The van der Waals surface area contributed by atoms with Crippen LogP contribution < -0.4 is 4.72 Å². The first-order chi connectivity index (χ1) is 9.49. The molecule has 1 atom stereocenters. The summed E-state index contributed by atoms with van der Waals surface area (Å²) in [5.74, 6) is -2.37. The number of aliphatic hydroxyl groups is 1. The lowest BCUT2D eigenvalue weighted by atomic mass is 9.81. The molecule has 4 nitrogen and oxygen atoms in total. The van der Waals surface area contributed by atoms with Gasteiger partial charge in [-0.2, -0.15) is 0 Å². The van der Waals surface area contributed by atoms with E-state index in [-0.39, 0.29) is 12.5 Å². The molecule has 0 bridgehead atoms. The van der Waals surface area contributed by atoms with Gasteiger partial charge in [0, 0.05) is 12.0 Å². The maximum absolute atomic E-state index is 13.5. The van der Waals surface area contributed by atoms with Crippen LogP contribution in [0.3, 0.4) is 0 Å². The van der Waals surface area contributed by atoms with Gasteiger partial charge in [-0.3, -0.25) is 0 Å². The topological polar surface area (TPSA) is 66.4 Å². The first-order valence-electron chi connectivity index (χ1n) is 6.61. The number of rotatable bonds is 6. The highest BCUT2D eigenvalue weighted by molar-refractivity contribution is 7.89. The molecule has 0 amide bonds. The summed E-state index contributed by atoms with van der Waals surface area (Å²) in [4.78, 5) is -1.00. The van der Waals surface area contributed by atoms with Crippen molar-refractivity contribution in [1.82, 2.24) is 4.72 Å².